The quantitative estimate of drug-likeness (QED) is 0.520. The Bertz CT molecular complexity index is 671. The molecular weight excluding hydrogens is 334 g/mol. The zero-order valence-corrected chi connectivity index (χ0v) is 15.2. The van der Waals surface area contributed by atoms with Crippen molar-refractivity contribution in [1.82, 2.24) is 5.32 Å². The van der Waals surface area contributed by atoms with Crippen molar-refractivity contribution in [2.75, 3.05) is 18.9 Å². The molecule has 0 unspecified atom stereocenters. The molecule has 0 saturated carbocycles. The Morgan fingerprint density at radius 2 is 1.76 bits per heavy atom. The standard InChI is InChI=1S/C20H23NO3S/c1-2-19(22)17-8-10-18(11-9-17)24-14-20(23)21-12-13-25-15-16-6-4-3-5-7-16/h3-11H,2,12-15H2,1H3,(H,21,23). The van der Waals surface area contributed by atoms with Crippen LogP contribution >= 0.6 is 11.8 Å². The SMILES string of the molecule is CCC(=O)c1ccc(OCC(=O)NCCSCc2ccccc2)cc1. The van der Waals surface area contributed by atoms with E-state index >= 15 is 0 Å². The van der Waals surface area contributed by atoms with Crippen molar-refractivity contribution in [3.05, 3.63) is 65.7 Å². The van der Waals surface area contributed by atoms with Crippen LogP contribution in [0.1, 0.15) is 29.3 Å². The van der Waals surface area contributed by atoms with Gasteiger partial charge in [0.25, 0.3) is 5.91 Å². The van der Waals surface area contributed by atoms with Crippen LogP contribution in [-0.2, 0) is 10.5 Å². The van der Waals surface area contributed by atoms with E-state index in [4.69, 9.17) is 4.74 Å². The molecule has 1 amide bonds. The highest BCUT2D eigenvalue weighted by molar-refractivity contribution is 7.98. The summed E-state index contributed by atoms with van der Waals surface area (Å²) in [5, 5.41) is 2.84. The Labute approximate surface area is 153 Å². The molecule has 0 saturated heterocycles. The minimum Gasteiger partial charge on any atom is -0.484 e. The average Bonchev–Trinajstić information content (AvgIpc) is 2.66. The predicted octanol–water partition coefficient (Wildman–Crippen LogP) is 3.71. The molecule has 0 bridgehead atoms. The van der Waals surface area contributed by atoms with E-state index in [1.807, 2.05) is 25.1 Å². The number of rotatable bonds is 10. The average molecular weight is 357 g/mol. The molecular formula is C20H23NO3S. The van der Waals surface area contributed by atoms with Gasteiger partial charge in [0, 0.05) is 30.0 Å². The van der Waals surface area contributed by atoms with E-state index in [1.54, 1.807) is 36.0 Å². The van der Waals surface area contributed by atoms with Gasteiger partial charge in [-0.05, 0) is 29.8 Å². The zero-order chi connectivity index (χ0) is 17.9. The molecule has 1 N–H and O–H groups in total. The van der Waals surface area contributed by atoms with E-state index in [0.29, 0.717) is 24.3 Å². The van der Waals surface area contributed by atoms with Crippen LogP contribution in [0.5, 0.6) is 5.75 Å². The third-order valence-corrected chi connectivity index (χ3v) is 4.58. The van der Waals surface area contributed by atoms with Gasteiger partial charge in [0.1, 0.15) is 5.75 Å². The van der Waals surface area contributed by atoms with Crippen molar-refractivity contribution in [3.63, 3.8) is 0 Å². The van der Waals surface area contributed by atoms with Gasteiger partial charge in [0.2, 0.25) is 0 Å². The van der Waals surface area contributed by atoms with Gasteiger partial charge in [0.05, 0.1) is 0 Å². The Morgan fingerprint density at radius 3 is 2.44 bits per heavy atom. The van der Waals surface area contributed by atoms with Gasteiger partial charge in [0.15, 0.2) is 12.4 Å². The van der Waals surface area contributed by atoms with E-state index in [1.165, 1.54) is 5.56 Å². The summed E-state index contributed by atoms with van der Waals surface area (Å²) in [7, 11) is 0. The number of ether oxygens (including phenoxy) is 1. The first-order valence-electron chi connectivity index (χ1n) is 8.33. The fourth-order valence-corrected chi connectivity index (χ4v) is 2.99. The fourth-order valence-electron chi connectivity index (χ4n) is 2.17. The molecule has 2 rings (SSSR count). The molecule has 132 valence electrons. The number of hydrogen-bond donors (Lipinski definition) is 1. The van der Waals surface area contributed by atoms with Crippen molar-refractivity contribution >= 4 is 23.5 Å². The molecule has 0 radical (unpaired) electrons. The maximum Gasteiger partial charge on any atom is 0.257 e. The monoisotopic (exact) mass is 357 g/mol. The Morgan fingerprint density at radius 1 is 1.04 bits per heavy atom. The van der Waals surface area contributed by atoms with Crippen LogP contribution in [0.25, 0.3) is 0 Å². The van der Waals surface area contributed by atoms with Gasteiger partial charge in [-0.1, -0.05) is 37.3 Å². The Hall–Kier alpha value is -2.27. The smallest absolute Gasteiger partial charge is 0.257 e. The molecule has 5 heteroatoms. The third kappa shape index (κ3) is 7.01. The minimum absolute atomic E-state index is 0.0234. The highest BCUT2D eigenvalue weighted by atomic mass is 32.2. The Balaban J connectivity index is 1.60. The van der Waals surface area contributed by atoms with Crippen molar-refractivity contribution < 1.29 is 14.3 Å². The molecule has 0 aliphatic rings. The van der Waals surface area contributed by atoms with Gasteiger partial charge >= 0.3 is 0 Å². The first-order valence-corrected chi connectivity index (χ1v) is 9.49. The van der Waals surface area contributed by atoms with Crippen molar-refractivity contribution in [2.45, 2.75) is 19.1 Å². The first kappa shape index (κ1) is 19.1. The summed E-state index contributed by atoms with van der Waals surface area (Å²) in [6, 6.07) is 17.1. The topological polar surface area (TPSA) is 55.4 Å². The van der Waals surface area contributed by atoms with Crippen molar-refractivity contribution in [2.24, 2.45) is 0 Å². The summed E-state index contributed by atoms with van der Waals surface area (Å²) in [6.45, 7) is 2.42. The summed E-state index contributed by atoms with van der Waals surface area (Å²) in [4.78, 5) is 23.3. The van der Waals surface area contributed by atoms with E-state index in [-0.39, 0.29) is 18.3 Å². The number of carbonyl (C=O) groups excluding carboxylic acids is 2. The fraction of sp³-hybridized carbons (Fsp3) is 0.300. The molecule has 2 aromatic rings. The Kier molecular flexibility index (Phi) is 8.05. The summed E-state index contributed by atoms with van der Waals surface area (Å²) < 4.78 is 5.43. The molecule has 2 aromatic carbocycles. The molecule has 0 aliphatic heterocycles. The first-order chi connectivity index (χ1) is 12.2. The van der Waals surface area contributed by atoms with Crippen molar-refractivity contribution in [1.29, 1.82) is 0 Å². The summed E-state index contributed by atoms with van der Waals surface area (Å²) >= 11 is 1.78. The molecule has 4 nitrogen and oxygen atoms in total. The predicted molar refractivity (Wildman–Crippen MR) is 102 cm³/mol. The second-order valence-electron chi connectivity index (χ2n) is 5.48. The molecule has 0 aromatic heterocycles. The third-order valence-electron chi connectivity index (χ3n) is 3.55. The number of amides is 1. The van der Waals surface area contributed by atoms with Crippen molar-refractivity contribution in [3.8, 4) is 5.75 Å². The maximum absolute atomic E-state index is 11.8. The highest BCUT2D eigenvalue weighted by Gasteiger charge is 2.05. The van der Waals surface area contributed by atoms with Gasteiger partial charge in [-0.15, -0.1) is 0 Å². The summed E-state index contributed by atoms with van der Waals surface area (Å²) in [6.07, 6.45) is 0.477. The molecule has 25 heavy (non-hydrogen) atoms. The number of ketones is 1. The molecule has 0 spiro atoms. The largest absolute Gasteiger partial charge is 0.484 e. The lowest BCUT2D eigenvalue weighted by molar-refractivity contribution is -0.122. The number of nitrogens with one attached hydrogen (secondary N) is 1. The van der Waals surface area contributed by atoms with Gasteiger partial charge in [-0.25, -0.2) is 0 Å². The number of thioether (sulfide) groups is 1. The molecule has 0 atom stereocenters. The lowest BCUT2D eigenvalue weighted by atomic mass is 10.1. The minimum atomic E-state index is -0.144. The lowest BCUT2D eigenvalue weighted by Gasteiger charge is -2.08. The van der Waals surface area contributed by atoms with Gasteiger partial charge in [-0.3, -0.25) is 9.59 Å². The molecule has 0 fully saturated rings. The number of hydrogen-bond acceptors (Lipinski definition) is 4. The van der Waals surface area contributed by atoms with Gasteiger partial charge < -0.3 is 10.1 Å². The van der Waals surface area contributed by atoms with E-state index in [2.05, 4.69) is 17.4 Å². The lowest BCUT2D eigenvalue weighted by Crippen LogP contribution is -2.30. The zero-order valence-electron chi connectivity index (χ0n) is 14.4. The second-order valence-corrected chi connectivity index (χ2v) is 6.58. The highest BCUT2D eigenvalue weighted by Crippen LogP contribution is 2.13. The molecule has 0 aliphatic carbocycles. The van der Waals surface area contributed by atoms with Crippen LogP contribution < -0.4 is 10.1 Å². The molecule has 0 heterocycles. The normalized spacial score (nSPS) is 10.3. The van der Waals surface area contributed by atoms with Gasteiger partial charge in [-0.2, -0.15) is 11.8 Å². The van der Waals surface area contributed by atoms with Crippen LogP contribution in [0.4, 0.5) is 0 Å². The number of benzene rings is 2. The van der Waals surface area contributed by atoms with Crippen LogP contribution in [0.15, 0.2) is 54.6 Å². The van der Waals surface area contributed by atoms with Crippen LogP contribution in [0.3, 0.4) is 0 Å². The van der Waals surface area contributed by atoms with Crippen LogP contribution in [-0.4, -0.2) is 30.6 Å². The van der Waals surface area contributed by atoms with E-state index in [0.717, 1.165) is 11.5 Å². The number of carbonyl (C=O) groups is 2. The number of Topliss-reactive ketones (excluding diaryl/α,β-unsaturated/α-hetero) is 1. The van der Waals surface area contributed by atoms with E-state index < -0.39 is 0 Å². The summed E-state index contributed by atoms with van der Waals surface area (Å²) in [5.41, 5.74) is 1.95. The van der Waals surface area contributed by atoms with Crippen LogP contribution in [0.2, 0.25) is 0 Å². The summed E-state index contributed by atoms with van der Waals surface area (Å²) in [5.74, 6) is 2.33. The maximum atomic E-state index is 11.8. The van der Waals surface area contributed by atoms with Crippen LogP contribution in [0, 0.1) is 0 Å². The van der Waals surface area contributed by atoms with E-state index in [9.17, 15) is 9.59 Å². The second kappa shape index (κ2) is 10.6.